The van der Waals surface area contributed by atoms with Crippen molar-refractivity contribution in [2.45, 2.75) is 32.6 Å². The number of nitrogens with one attached hydrogen (secondary N) is 2. The maximum atomic E-state index is 12.0. The highest BCUT2D eigenvalue weighted by Crippen LogP contribution is 2.27. The minimum atomic E-state index is -0.119. The predicted octanol–water partition coefficient (Wildman–Crippen LogP) is 5.32. The van der Waals surface area contributed by atoms with Crippen LogP contribution < -0.4 is 15.4 Å². The first kappa shape index (κ1) is 22.1. The second-order valence-electron chi connectivity index (χ2n) is 6.26. The number of halogens is 2. The summed E-state index contributed by atoms with van der Waals surface area (Å²) in [5.74, 6) is 0.314. The zero-order chi connectivity index (χ0) is 20.4. The summed E-state index contributed by atoms with van der Waals surface area (Å²) in [5.41, 5.74) is 1.22. The molecule has 0 aliphatic heterocycles. The average Bonchev–Trinajstić information content (AvgIpc) is 2.67. The summed E-state index contributed by atoms with van der Waals surface area (Å²) < 4.78 is 5.56. The lowest BCUT2D eigenvalue weighted by molar-refractivity contribution is -0.116. The van der Waals surface area contributed by atoms with E-state index in [2.05, 4.69) is 17.6 Å². The van der Waals surface area contributed by atoms with Gasteiger partial charge in [-0.15, -0.1) is 0 Å². The van der Waals surface area contributed by atoms with Crippen LogP contribution in [0.15, 0.2) is 42.5 Å². The first-order valence-corrected chi connectivity index (χ1v) is 10.0. The number of unbranched alkanes of at least 4 members (excludes halogenated alkanes) is 1. The minimum absolute atomic E-state index is 0.107. The van der Waals surface area contributed by atoms with Crippen LogP contribution in [0.3, 0.4) is 0 Å². The van der Waals surface area contributed by atoms with Crippen molar-refractivity contribution in [2.24, 2.45) is 0 Å². The van der Waals surface area contributed by atoms with Crippen LogP contribution in [-0.2, 0) is 4.79 Å². The van der Waals surface area contributed by atoms with E-state index in [-0.39, 0.29) is 11.8 Å². The lowest BCUT2D eigenvalue weighted by atomic mass is 10.2. The minimum Gasteiger partial charge on any atom is -0.492 e. The Balaban J connectivity index is 1.71. The fourth-order valence-corrected chi connectivity index (χ4v) is 2.88. The molecule has 150 valence electrons. The van der Waals surface area contributed by atoms with Gasteiger partial charge in [0, 0.05) is 29.2 Å². The third kappa shape index (κ3) is 7.41. The van der Waals surface area contributed by atoms with Crippen LogP contribution >= 0.6 is 23.2 Å². The first-order valence-electron chi connectivity index (χ1n) is 9.25. The number of carbonyl (C=O) groups is 2. The van der Waals surface area contributed by atoms with E-state index in [0.717, 1.165) is 12.8 Å². The fraction of sp³-hybridized carbons (Fsp3) is 0.333. The van der Waals surface area contributed by atoms with E-state index < -0.39 is 0 Å². The molecular formula is C21H24Cl2N2O3. The summed E-state index contributed by atoms with van der Waals surface area (Å²) in [6.07, 6.45) is 2.84. The van der Waals surface area contributed by atoms with E-state index in [1.54, 1.807) is 42.5 Å². The Kier molecular flexibility index (Phi) is 9.11. The number of carbonyl (C=O) groups excluding carboxylic acids is 2. The molecule has 0 bridgehead atoms. The summed E-state index contributed by atoms with van der Waals surface area (Å²) in [4.78, 5) is 24.0. The largest absolute Gasteiger partial charge is 0.492 e. The van der Waals surface area contributed by atoms with Crippen LogP contribution in [0.25, 0.3) is 0 Å². The van der Waals surface area contributed by atoms with Crippen LogP contribution in [0, 0.1) is 0 Å². The monoisotopic (exact) mass is 422 g/mol. The van der Waals surface area contributed by atoms with Gasteiger partial charge in [-0.25, -0.2) is 0 Å². The van der Waals surface area contributed by atoms with Crippen LogP contribution in [0.2, 0.25) is 10.0 Å². The van der Waals surface area contributed by atoms with Gasteiger partial charge in [0.05, 0.1) is 11.6 Å². The third-order valence-electron chi connectivity index (χ3n) is 3.95. The van der Waals surface area contributed by atoms with Gasteiger partial charge in [0.15, 0.2) is 0 Å². The second kappa shape index (κ2) is 11.6. The van der Waals surface area contributed by atoms with Crippen molar-refractivity contribution in [1.82, 2.24) is 5.32 Å². The van der Waals surface area contributed by atoms with Gasteiger partial charge in [0.1, 0.15) is 5.75 Å². The van der Waals surface area contributed by atoms with Crippen molar-refractivity contribution >= 4 is 40.7 Å². The Bertz CT molecular complexity index is 795. The van der Waals surface area contributed by atoms with Gasteiger partial charge in [-0.05, 0) is 55.3 Å². The Morgan fingerprint density at radius 3 is 2.46 bits per heavy atom. The van der Waals surface area contributed by atoms with E-state index in [4.69, 9.17) is 27.9 Å². The molecule has 0 heterocycles. The van der Waals surface area contributed by atoms with Crippen molar-refractivity contribution in [1.29, 1.82) is 0 Å². The Morgan fingerprint density at radius 2 is 1.79 bits per heavy atom. The average molecular weight is 423 g/mol. The molecule has 0 atom stereocenters. The number of amides is 2. The molecule has 0 aromatic heterocycles. The SMILES string of the molecule is CCCCNC(=O)c1ccc(NC(=O)CCCOc2ccc(Cl)cc2Cl)cc1. The molecule has 7 heteroatoms. The molecule has 0 aliphatic rings. The van der Waals surface area contributed by atoms with E-state index in [1.165, 1.54) is 0 Å². The quantitative estimate of drug-likeness (QED) is 0.508. The molecule has 2 N–H and O–H groups in total. The zero-order valence-electron chi connectivity index (χ0n) is 15.8. The number of ether oxygens (including phenoxy) is 1. The Morgan fingerprint density at radius 1 is 1.04 bits per heavy atom. The lowest BCUT2D eigenvalue weighted by Gasteiger charge is -2.09. The summed E-state index contributed by atoms with van der Waals surface area (Å²) in [6.45, 7) is 3.10. The van der Waals surface area contributed by atoms with E-state index in [1.807, 2.05) is 0 Å². The summed E-state index contributed by atoms with van der Waals surface area (Å²) in [5, 5.41) is 6.65. The normalized spacial score (nSPS) is 10.4. The molecule has 0 radical (unpaired) electrons. The van der Waals surface area contributed by atoms with Crippen LogP contribution in [0.4, 0.5) is 5.69 Å². The van der Waals surface area contributed by atoms with Crippen LogP contribution in [0.1, 0.15) is 43.0 Å². The molecule has 28 heavy (non-hydrogen) atoms. The first-order chi connectivity index (χ1) is 13.5. The number of rotatable bonds is 10. The standard InChI is InChI=1S/C21H24Cl2N2O3/c1-2-3-12-24-21(27)15-6-9-17(10-7-15)25-20(26)5-4-13-28-19-11-8-16(22)14-18(19)23/h6-11,14H,2-5,12-13H2,1H3,(H,24,27)(H,25,26). The van der Waals surface area contributed by atoms with Crippen LogP contribution in [-0.4, -0.2) is 25.0 Å². The molecule has 0 aliphatic carbocycles. The molecule has 0 fully saturated rings. The second-order valence-corrected chi connectivity index (χ2v) is 7.11. The fourth-order valence-electron chi connectivity index (χ4n) is 2.42. The van der Waals surface area contributed by atoms with Crippen molar-refractivity contribution in [3.05, 3.63) is 58.1 Å². The predicted molar refractivity (Wildman–Crippen MR) is 114 cm³/mol. The van der Waals surface area contributed by atoms with Crippen LogP contribution in [0.5, 0.6) is 5.75 Å². The molecule has 2 amide bonds. The lowest BCUT2D eigenvalue weighted by Crippen LogP contribution is -2.24. The molecule has 5 nitrogen and oxygen atoms in total. The zero-order valence-corrected chi connectivity index (χ0v) is 17.3. The number of anilines is 1. The number of benzene rings is 2. The molecule has 2 rings (SSSR count). The van der Waals surface area contributed by atoms with Gasteiger partial charge in [-0.3, -0.25) is 9.59 Å². The van der Waals surface area contributed by atoms with Gasteiger partial charge in [-0.2, -0.15) is 0 Å². The van der Waals surface area contributed by atoms with E-state index >= 15 is 0 Å². The Labute approximate surface area is 175 Å². The van der Waals surface area contributed by atoms with Gasteiger partial charge in [0.2, 0.25) is 5.91 Å². The number of hydrogen-bond acceptors (Lipinski definition) is 3. The van der Waals surface area contributed by atoms with Crippen molar-refractivity contribution in [3.63, 3.8) is 0 Å². The molecule has 0 saturated carbocycles. The Hall–Kier alpha value is -2.24. The summed E-state index contributed by atoms with van der Waals surface area (Å²) in [7, 11) is 0. The summed E-state index contributed by atoms with van der Waals surface area (Å²) >= 11 is 11.9. The van der Waals surface area contributed by atoms with Crippen molar-refractivity contribution in [2.75, 3.05) is 18.5 Å². The molecular weight excluding hydrogens is 399 g/mol. The summed E-state index contributed by atoms with van der Waals surface area (Å²) in [6, 6.07) is 11.8. The van der Waals surface area contributed by atoms with Gasteiger partial charge >= 0.3 is 0 Å². The molecule has 0 spiro atoms. The molecule has 0 unspecified atom stereocenters. The van der Waals surface area contributed by atoms with Crippen molar-refractivity contribution in [3.8, 4) is 5.75 Å². The molecule has 2 aromatic carbocycles. The highest BCUT2D eigenvalue weighted by molar-refractivity contribution is 6.35. The van der Waals surface area contributed by atoms with Crippen molar-refractivity contribution < 1.29 is 14.3 Å². The third-order valence-corrected chi connectivity index (χ3v) is 4.48. The van der Waals surface area contributed by atoms with Gasteiger partial charge < -0.3 is 15.4 Å². The molecule has 2 aromatic rings. The smallest absolute Gasteiger partial charge is 0.251 e. The van der Waals surface area contributed by atoms with E-state index in [0.29, 0.717) is 53.0 Å². The maximum Gasteiger partial charge on any atom is 0.251 e. The van der Waals surface area contributed by atoms with Gasteiger partial charge in [-0.1, -0.05) is 36.5 Å². The van der Waals surface area contributed by atoms with E-state index in [9.17, 15) is 9.59 Å². The molecule has 0 saturated heterocycles. The maximum absolute atomic E-state index is 12.0. The topological polar surface area (TPSA) is 67.4 Å². The number of hydrogen-bond donors (Lipinski definition) is 2. The highest BCUT2D eigenvalue weighted by Gasteiger charge is 2.07. The van der Waals surface area contributed by atoms with Gasteiger partial charge in [0.25, 0.3) is 5.91 Å². The highest BCUT2D eigenvalue weighted by atomic mass is 35.5.